The van der Waals surface area contributed by atoms with Crippen LogP contribution in [0, 0.1) is 0 Å². The summed E-state index contributed by atoms with van der Waals surface area (Å²) in [4.78, 5) is 10.2. The lowest BCUT2D eigenvalue weighted by Crippen LogP contribution is -2.08. The molecule has 0 radical (unpaired) electrons. The molecular formula is C13H15ClN4. The highest BCUT2D eigenvalue weighted by molar-refractivity contribution is 6.29. The van der Waals surface area contributed by atoms with Crippen molar-refractivity contribution in [2.75, 3.05) is 24.3 Å². The summed E-state index contributed by atoms with van der Waals surface area (Å²) < 4.78 is 0. The normalized spacial score (nSPS) is 10.2. The van der Waals surface area contributed by atoms with Crippen molar-refractivity contribution in [2.24, 2.45) is 0 Å². The molecule has 0 spiro atoms. The summed E-state index contributed by atoms with van der Waals surface area (Å²) in [5.74, 6) is 0.680. The number of rotatable bonds is 4. The Kier molecular flexibility index (Phi) is 3.99. The molecule has 18 heavy (non-hydrogen) atoms. The lowest BCUT2D eigenvalue weighted by atomic mass is 10.2. The van der Waals surface area contributed by atoms with Crippen molar-refractivity contribution >= 4 is 23.1 Å². The molecule has 0 fully saturated rings. The fourth-order valence-electron chi connectivity index (χ4n) is 1.53. The minimum atomic E-state index is 0.392. The van der Waals surface area contributed by atoms with E-state index in [1.807, 2.05) is 14.1 Å². The van der Waals surface area contributed by atoms with Gasteiger partial charge in [0, 0.05) is 26.3 Å². The number of hydrogen-bond acceptors (Lipinski definition) is 4. The molecule has 0 amide bonds. The zero-order chi connectivity index (χ0) is 13.0. The summed E-state index contributed by atoms with van der Waals surface area (Å²) in [5, 5.41) is 3.57. The Morgan fingerprint density at radius 2 is 1.89 bits per heavy atom. The highest BCUT2D eigenvalue weighted by Gasteiger charge is 1.98. The number of aromatic nitrogens is 2. The van der Waals surface area contributed by atoms with Crippen molar-refractivity contribution in [3.8, 4) is 0 Å². The van der Waals surface area contributed by atoms with Crippen molar-refractivity contribution in [3.63, 3.8) is 0 Å². The monoisotopic (exact) mass is 262 g/mol. The van der Waals surface area contributed by atoms with E-state index >= 15 is 0 Å². The molecule has 2 rings (SSSR count). The van der Waals surface area contributed by atoms with Crippen LogP contribution in [0.5, 0.6) is 0 Å². The fraction of sp³-hybridized carbons (Fsp3) is 0.231. The van der Waals surface area contributed by atoms with Gasteiger partial charge in [0.25, 0.3) is 0 Å². The highest BCUT2D eigenvalue weighted by Crippen LogP contribution is 2.13. The van der Waals surface area contributed by atoms with E-state index in [0.717, 1.165) is 0 Å². The molecule has 2 aromatic rings. The molecule has 0 unspecified atom stereocenters. The molecule has 0 aliphatic heterocycles. The van der Waals surface area contributed by atoms with Crippen LogP contribution in [0.2, 0.25) is 5.15 Å². The SMILES string of the molecule is CN(C)c1ccc(CNc2cncc(Cl)n2)cc1. The summed E-state index contributed by atoms with van der Waals surface area (Å²) in [5.41, 5.74) is 2.36. The minimum absolute atomic E-state index is 0.392. The van der Waals surface area contributed by atoms with E-state index in [2.05, 4.69) is 44.5 Å². The van der Waals surface area contributed by atoms with Crippen LogP contribution in [0.25, 0.3) is 0 Å². The molecule has 0 bridgehead atoms. The lowest BCUT2D eigenvalue weighted by Gasteiger charge is -2.13. The van der Waals surface area contributed by atoms with Gasteiger partial charge in [0.2, 0.25) is 0 Å². The average molecular weight is 263 g/mol. The maximum absolute atomic E-state index is 5.76. The van der Waals surface area contributed by atoms with Gasteiger partial charge in [-0.3, -0.25) is 4.98 Å². The van der Waals surface area contributed by atoms with Crippen LogP contribution in [0.15, 0.2) is 36.7 Å². The third-order valence-corrected chi connectivity index (χ3v) is 2.71. The van der Waals surface area contributed by atoms with Gasteiger partial charge >= 0.3 is 0 Å². The van der Waals surface area contributed by atoms with Crippen molar-refractivity contribution in [1.82, 2.24) is 9.97 Å². The Labute approximate surface area is 112 Å². The van der Waals surface area contributed by atoms with Crippen LogP contribution in [0.1, 0.15) is 5.56 Å². The highest BCUT2D eigenvalue weighted by atomic mass is 35.5. The van der Waals surface area contributed by atoms with E-state index in [4.69, 9.17) is 11.6 Å². The van der Waals surface area contributed by atoms with E-state index < -0.39 is 0 Å². The number of hydrogen-bond donors (Lipinski definition) is 1. The molecule has 0 saturated heterocycles. The molecular weight excluding hydrogens is 248 g/mol. The fourth-order valence-corrected chi connectivity index (χ4v) is 1.68. The first kappa shape index (κ1) is 12.6. The van der Waals surface area contributed by atoms with Gasteiger partial charge in [-0.05, 0) is 17.7 Å². The number of nitrogens with zero attached hydrogens (tertiary/aromatic N) is 3. The number of anilines is 2. The molecule has 1 N–H and O–H groups in total. The van der Waals surface area contributed by atoms with Crippen LogP contribution < -0.4 is 10.2 Å². The second-order valence-corrected chi connectivity index (χ2v) is 4.53. The number of nitrogens with one attached hydrogen (secondary N) is 1. The second-order valence-electron chi connectivity index (χ2n) is 4.14. The van der Waals surface area contributed by atoms with Crippen LogP contribution in [-0.4, -0.2) is 24.1 Å². The summed E-state index contributed by atoms with van der Waals surface area (Å²) in [7, 11) is 4.05. The molecule has 0 aliphatic carbocycles. The van der Waals surface area contributed by atoms with E-state index in [1.54, 1.807) is 6.20 Å². The molecule has 0 atom stereocenters. The van der Waals surface area contributed by atoms with Crippen LogP contribution in [0.3, 0.4) is 0 Å². The Morgan fingerprint density at radius 1 is 1.17 bits per heavy atom. The van der Waals surface area contributed by atoms with Gasteiger partial charge in [-0.15, -0.1) is 0 Å². The molecule has 1 aromatic heterocycles. The summed E-state index contributed by atoms with van der Waals surface area (Å²) in [6, 6.07) is 8.34. The molecule has 4 nitrogen and oxygen atoms in total. The lowest BCUT2D eigenvalue weighted by molar-refractivity contribution is 1.08. The van der Waals surface area contributed by atoms with Crippen molar-refractivity contribution in [2.45, 2.75) is 6.54 Å². The Morgan fingerprint density at radius 3 is 2.50 bits per heavy atom. The average Bonchev–Trinajstić information content (AvgIpc) is 2.37. The smallest absolute Gasteiger partial charge is 0.149 e. The first-order valence-electron chi connectivity index (χ1n) is 5.63. The minimum Gasteiger partial charge on any atom is -0.378 e. The third-order valence-electron chi connectivity index (χ3n) is 2.53. The molecule has 5 heteroatoms. The third kappa shape index (κ3) is 3.34. The maximum Gasteiger partial charge on any atom is 0.149 e. The van der Waals surface area contributed by atoms with Gasteiger partial charge in [0.1, 0.15) is 11.0 Å². The van der Waals surface area contributed by atoms with Crippen molar-refractivity contribution in [1.29, 1.82) is 0 Å². The van der Waals surface area contributed by atoms with Gasteiger partial charge in [0.05, 0.1) is 12.4 Å². The van der Waals surface area contributed by atoms with Crippen molar-refractivity contribution in [3.05, 3.63) is 47.4 Å². The first-order chi connectivity index (χ1) is 8.65. The van der Waals surface area contributed by atoms with E-state index in [9.17, 15) is 0 Å². The Hall–Kier alpha value is -1.81. The van der Waals surface area contributed by atoms with Crippen molar-refractivity contribution < 1.29 is 0 Å². The van der Waals surface area contributed by atoms with Crippen LogP contribution >= 0.6 is 11.6 Å². The standard InChI is InChI=1S/C13H15ClN4/c1-18(2)11-5-3-10(4-6-11)7-16-13-9-15-8-12(14)17-13/h3-6,8-9H,7H2,1-2H3,(H,16,17). The molecule has 94 valence electrons. The van der Waals surface area contributed by atoms with E-state index in [1.165, 1.54) is 17.4 Å². The summed E-state index contributed by atoms with van der Waals surface area (Å²) in [6.07, 6.45) is 3.17. The first-order valence-corrected chi connectivity index (χ1v) is 6.00. The van der Waals surface area contributed by atoms with Gasteiger partial charge < -0.3 is 10.2 Å². The van der Waals surface area contributed by atoms with Gasteiger partial charge in [0.15, 0.2) is 0 Å². The Bertz CT molecular complexity index is 511. The predicted octanol–water partition coefficient (Wildman–Crippen LogP) is 2.81. The number of halogens is 1. The summed E-state index contributed by atoms with van der Waals surface area (Å²) in [6.45, 7) is 0.697. The van der Waals surface area contributed by atoms with Gasteiger partial charge in [-0.1, -0.05) is 23.7 Å². The topological polar surface area (TPSA) is 41.0 Å². The summed E-state index contributed by atoms with van der Waals surface area (Å²) >= 11 is 5.76. The van der Waals surface area contributed by atoms with Gasteiger partial charge in [-0.25, -0.2) is 4.98 Å². The van der Waals surface area contributed by atoms with E-state index in [-0.39, 0.29) is 0 Å². The zero-order valence-electron chi connectivity index (χ0n) is 10.4. The molecule has 1 heterocycles. The zero-order valence-corrected chi connectivity index (χ0v) is 11.1. The van der Waals surface area contributed by atoms with Crippen LogP contribution in [-0.2, 0) is 6.54 Å². The molecule has 0 aliphatic rings. The Balaban J connectivity index is 1.98. The van der Waals surface area contributed by atoms with Crippen LogP contribution in [0.4, 0.5) is 11.5 Å². The second kappa shape index (κ2) is 5.69. The van der Waals surface area contributed by atoms with E-state index in [0.29, 0.717) is 17.5 Å². The molecule has 1 aromatic carbocycles. The van der Waals surface area contributed by atoms with Gasteiger partial charge in [-0.2, -0.15) is 0 Å². The molecule has 0 saturated carbocycles. The number of benzene rings is 1. The maximum atomic E-state index is 5.76. The predicted molar refractivity (Wildman–Crippen MR) is 75.1 cm³/mol. The largest absolute Gasteiger partial charge is 0.378 e. The quantitative estimate of drug-likeness (QED) is 0.920.